The zero-order valence-corrected chi connectivity index (χ0v) is 12.1. The van der Waals surface area contributed by atoms with Crippen LogP contribution >= 0.6 is 0 Å². The lowest BCUT2D eigenvalue weighted by molar-refractivity contribution is 0.539. The van der Waals surface area contributed by atoms with Gasteiger partial charge in [0, 0.05) is 23.7 Å². The van der Waals surface area contributed by atoms with Gasteiger partial charge in [-0.2, -0.15) is 13.1 Å². The molecule has 2 rings (SSSR count). The average Bonchev–Trinajstić information content (AvgIpc) is 3.12. The van der Waals surface area contributed by atoms with E-state index in [4.69, 9.17) is 5.73 Å². The van der Waals surface area contributed by atoms with Crippen molar-refractivity contribution in [3.63, 3.8) is 0 Å². The first-order valence-corrected chi connectivity index (χ1v) is 7.91. The Kier molecular flexibility index (Phi) is 3.85. The topological polar surface area (TPSA) is 84.2 Å². The van der Waals surface area contributed by atoms with E-state index >= 15 is 0 Å². The Hall–Kier alpha value is -1.11. The minimum Gasteiger partial charge on any atom is -0.330 e. The van der Waals surface area contributed by atoms with Crippen molar-refractivity contribution in [2.24, 2.45) is 5.73 Å². The Morgan fingerprint density at radius 3 is 2.32 bits per heavy atom. The van der Waals surface area contributed by atoms with Gasteiger partial charge in [-0.3, -0.25) is 4.72 Å². The Labute approximate surface area is 114 Å². The predicted molar refractivity (Wildman–Crippen MR) is 77.2 cm³/mol. The summed E-state index contributed by atoms with van der Waals surface area (Å²) < 4.78 is 28.6. The van der Waals surface area contributed by atoms with Crippen LogP contribution in [0.1, 0.15) is 32.3 Å². The summed E-state index contributed by atoms with van der Waals surface area (Å²) in [5.74, 6) is 0. The fourth-order valence-electron chi connectivity index (χ4n) is 1.71. The van der Waals surface area contributed by atoms with E-state index in [1.807, 2.05) is 12.1 Å². The normalized spacial score (nSPS) is 16.4. The highest BCUT2D eigenvalue weighted by Crippen LogP contribution is 2.24. The summed E-state index contributed by atoms with van der Waals surface area (Å²) in [5.41, 5.74) is 7.26. The third-order valence-corrected chi connectivity index (χ3v) is 4.48. The number of hydrogen-bond donors (Lipinski definition) is 3. The summed E-state index contributed by atoms with van der Waals surface area (Å²) >= 11 is 0. The fourth-order valence-corrected chi connectivity index (χ4v) is 2.89. The first-order chi connectivity index (χ1) is 8.82. The monoisotopic (exact) mass is 283 g/mol. The molecule has 6 heteroatoms. The van der Waals surface area contributed by atoms with Crippen LogP contribution in [0.15, 0.2) is 24.3 Å². The number of nitrogens with one attached hydrogen (secondary N) is 2. The first-order valence-electron chi connectivity index (χ1n) is 6.43. The lowest BCUT2D eigenvalue weighted by atomic mass is 9.85. The molecular weight excluding hydrogens is 262 g/mol. The highest BCUT2D eigenvalue weighted by molar-refractivity contribution is 7.90. The van der Waals surface area contributed by atoms with Crippen LogP contribution in [-0.4, -0.2) is 21.0 Å². The maximum absolute atomic E-state index is 11.7. The molecule has 5 nitrogen and oxygen atoms in total. The second-order valence-electron chi connectivity index (χ2n) is 5.66. The van der Waals surface area contributed by atoms with Crippen LogP contribution in [-0.2, 0) is 15.6 Å². The van der Waals surface area contributed by atoms with Gasteiger partial charge in [0.25, 0.3) is 10.2 Å². The van der Waals surface area contributed by atoms with Crippen molar-refractivity contribution in [2.45, 2.75) is 38.1 Å². The molecule has 1 aromatic rings. The molecule has 1 aromatic carbocycles. The van der Waals surface area contributed by atoms with Crippen molar-refractivity contribution >= 4 is 15.9 Å². The van der Waals surface area contributed by atoms with E-state index < -0.39 is 10.2 Å². The Morgan fingerprint density at radius 1 is 1.26 bits per heavy atom. The van der Waals surface area contributed by atoms with Crippen molar-refractivity contribution in [3.05, 3.63) is 29.8 Å². The van der Waals surface area contributed by atoms with E-state index in [2.05, 4.69) is 23.3 Å². The SMILES string of the molecule is CC(C)(CN)c1ccc(NS(=O)(=O)NC2CC2)cc1. The molecule has 1 fully saturated rings. The average molecular weight is 283 g/mol. The van der Waals surface area contributed by atoms with Crippen molar-refractivity contribution in [2.75, 3.05) is 11.3 Å². The maximum atomic E-state index is 11.7. The zero-order valence-electron chi connectivity index (χ0n) is 11.3. The second-order valence-corrected chi connectivity index (χ2v) is 7.11. The van der Waals surface area contributed by atoms with Gasteiger partial charge in [0.1, 0.15) is 0 Å². The highest BCUT2D eigenvalue weighted by atomic mass is 32.2. The third-order valence-electron chi connectivity index (χ3n) is 3.33. The fraction of sp³-hybridized carbons (Fsp3) is 0.538. The summed E-state index contributed by atoms with van der Waals surface area (Å²) in [6.45, 7) is 4.66. The Morgan fingerprint density at radius 2 is 1.84 bits per heavy atom. The molecule has 0 bridgehead atoms. The highest BCUT2D eigenvalue weighted by Gasteiger charge is 2.26. The molecular formula is C13H21N3O2S. The van der Waals surface area contributed by atoms with Gasteiger partial charge in [-0.15, -0.1) is 0 Å². The summed E-state index contributed by atoms with van der Waals surface area (Å²) in [7, 11) is -3.45. The van der Waals surface area contributed by atoms with Crippen molar-refractivity contribution < 1.29 is 8.42 Å². The predicted octanol–water partition coefficient (Wildman–Crippen LogP) is 1.33. The van der Waals surface area contributed by atoms with Crippen LogP contribution in [0.3, 0.4) is 0 Å². The summed E-state index contributed by atoms with van der Waals surface area (Å²) in [4.78, 5) is 0. The molecule has 0 amide bonds. The molecule has 4 N–H and O–H groups in total. The summed E-state index contributed by atoms with van der Waals surface area (Å²) in [5, 5.41) is 0. The molecule has 0 radical (unpaired) electrons. The quantitative estimate of drug-likeness (QED) is 0.736. The molecule has 0 unspecified atom stereocenters. The van der Waals surface area contributed by atoms with Gasteiger partial charge in [-0.25, -0.2) is 0 Å². The van der Waals surface area contributed by atoms with E-state index in [-0.39, 0.29) is 11.5 Å². The van der Waals surface area contributed by atoms with Crippen molar-refractivity contribution in [1.29, 1.82) is 0 Å². The summed E-state index contributed by atoms with van der Waals surface area (Å²) in [6.07, 6.45) is 1.84. The Balaban J connectivity index is 2.06. The lowest BCUT2D eigenvalue weighted by Gasteiger charge is -2.23. The molecule has 0 saturated heterocycles. The van der Waals surface area contributed by atoms with Crippen LogP contribution in [0.2, 0.25) is 0 Å². The van der Waals surface area contributed by atoms with E-state index in [0.29, 0.717) is 12.2 Å². The van der Waals surface area contributed by atoms with Gasteiger partial charge in [0.15, 0.2) is 0 Å². The second kappa shape index (κ2) is 5.11. The summed E-state index contributed by atoms with van der Waals surface area (Å²) in [6, 6.07) is 7.44. The van der Waals surface area contributed by atoms with Crippen LogP contribution in [0.4, 0.5) is 5.69 Å². The molecule has 106 valence electrons. The van der Waals surface area contributed by atoms with Gasteiger partial charge in [0.05, 0.1) is 0 Å². The molecule has 19 heavy (non-hydrogen) atoms. The van der Waals surface area contributed by atoms with E-state index in [0.717, 1.165) is 18.4 Å². The van der Waals surface area contributed by atoms with Crippen LogP contribution in [0.5, 0.6) is 0 Å². The van der Waals surface area contributed by atoms with Gasteiger partial charge in [-0.05, 0) is 30.5 Å². The van der Waals surface area contributed by atoms with Crippen LogP contribution < -0.4 is 15.2 Å². The smallest absolute Gasteiger partial charge is 0.299 e. The third kappa shape index (κ3) is 3.92. The van der Waals surface area contributed by atoms with E-state index in [1.165, 1.54) is 0 Å². The van der Waals surface area contributed by atoms with E-state index in [9.17, 15) is 8.42 Å². The number of nitrogens with two attached hydrogens (primary N) is 1. The molecule has 0 heterocycles. The maximum Gasteiger partial charge on any atom is 0.299 e. The minimum absolute atomic E-state index is 0.105. The Bertz CT molecular complexity index is 534. The van der Waals surface area contributed by atoms with Gasteiger partial charge in [-0.1, -0.05) is 26.0 Å². The van der Waals surface area contributed by atoms with Gasteiger partial charge >= 0.3 is 0 Å². The van der Waals surface area contributed by atoms with Crippen LogP contribution in [0.25, 0.3) is 0 Å². The number of rotatable bonds is 6. The number of benzene rings is 1. The van der Waals surface area contributed by atoms with Crippen LogP contribution in [0, 0.1) is 0 Å². The lowest BCUT2D eigenvalue weighted by Crippen LogP contribution is -2.32. The number of anilines is 1. The molecule has 1 aliphatic carbocycles. The molecule has 1 aliphatic rings. The van der Waals surface area contributed by atoms with Crippen molar-refractivity contribution in [3.8, 4) is 0 Å². The van der Waals surface area contributed by atoms with Crippen molar-refractivity contribution in [1.82, 2.24) is 4.72 Å². The largest absolute Gasteiger partial charge is 0.330 e. The molecule has 0 spiro atoms. The molecule has 0 aromatic heterocycles. The van der Waals surface area contributed by atoms with E-state index in [1.54, 1.807) is 12.1 Å². The molecule has 0 aliphatic heterocycles. The zero-order chi connectivity index (χ0) is 14.1. The minimum atomic E-state index is -3.45. The van der Waals surface area contributed by atoms with Gasteiger partial charge in [0.2, 0.25) is 0 Å². The molecule has 1 saturated carbocycles. The van der Waals surface area contributed by atoms with Gasteiger partial charge < -0.3 is 5.73 Å². The first kappa shape index (κ1) is 14.3. The molecule has 0 atom stereocenters. The number of hydrogen-bond acceptors (Lipinski definition) is 3. The standard InChI is InChI=1S/C13H21N3O2S/c1-13(2,9-14)10-3-5-11(6-4-10)15-19(17,18)16-12-7-8-12/h3-6,12,15-16H,7-9,14H2,1-2H3.